The number of hydrogen-bond donors (Lipinski definition) is 2. The number of rotatable bonds is 6. The van der Waals surface area contributed by atoms with Crippen molar-refractivity contribution in [2.24, 2.45) is 0 Å². The fourth-order valence-electron chi connectivity index (χ4n) is 3.25. The van der Waals surface area contributed by atoms with Crippen molar-refractivity contribution in [3.8, 4) is 17.2 Å². The first-order valence-corrected chi connectivity index (χ1v) is 9.26. The molecule has 2 N–H and O–H groups in total. The third-order valence-corrected chi connectivity index (χ3v) is 4.64. The summed E-state index contributed by atoms with van der Waals surface area (Å²) in [5.74, 6) is 0.151. The maximum absolute atomic E-state index is 13.2. The van der Waals surface area contributed by atoms with Gasteiger partial charge in [0.25, 0.3) is 0 Å². The lowest BCUT2D eigenvalue weighted by Crippen LogP contribution is -3.04. The Hall–Kier alpha value is -3.39. The van der Waals surface area contributed by atoms with E-state index in [1.54, 1.807) is 19.1 Å². The van der Waals surface area contributed by atoms with Crippen molar-refractivity contribution in [2.45, 2.75) is 26.8 Å². The van der Waals surface area contributed by atoms with Gasteiger partial charge in [0.05, 0.1) is 30.0 Å². The average molecular weight is 399 g/mol. The van der Waals surface area contributed by atoms with Crippen molar-refractivity contribution in [3.05, 3.63) is 67.6 Å². The van der Waals surface area contributed by atoms with Gasteiger partial charge in [-0.2, -0.15) is 0 Å². The molecule has 0 aliphatic heterocycles. The molecule has 8 heteroatoms. The van der Waals surface area contributed by atoms with Crippen LogP contribution in [0.25, 0.3) is 11.0 Å². The number of aryl methyl sites for hydroxylation is 2. The fraction of sp³-hybridized carbons (Fsp3) is 0.286. The molecule has 1 heterocycles. The summed E-state index contributed by atoms with van der Waals surface area (Å²) in [6.45, 7) is 3.90. The van der Waals surface area contributed by atoms with E-state index in [-0.39, 0.29) is 34.1 Å². The molecule has 1 aromatic heterocycles. The van der Waals surface area contributed by atoms with Crippen molar-refractivity contribution in [2.75, 3.05) is 14.1 Å². The third kappa shape index (κ3) is 3.79. The van der Waals surface area contributed by atoms with E-state index >= 15 is 0 Å². The molecule has 0 spiro atoms. The molecule has 0 amide bonds. The Balaban J connectivity index is 2.25. The van der Waals surface area contributed by atoms with Crippen LogP contribution < -0.4 is 15.1 Å². The minimum absolute atomic E-state index is 0.0419. The van der Waals surface area contributed by atoms with Crippen LogP contribution in [0.5, 0.6) is 17.2 Å². The molecule has 152 valence electrons. The smallest absolute Gasteiger partial charge is 0.311 e. The van der Waals surface area contributed by atoms with Crippen molar-refractivity contribution < 1.29 is 24.1 Å². The molecule has 0 saturated carbocycles. The minimum atomic E-state index is -0.571. The number of nitrogens with zero attached hydrogens (tertiary/aromatic N) is 1. The van der Waals surface area contributed by atoms with Crippen LogP contribution in [0, 0.1) is 17.0 Å². The number of nitro benzene ring substituents is 1. The highest BCUT2D eigenvalue weighted by Crippen LogP contribution is 2.35. The van der Waals surface area contributed by atoms with Crippen molar-refractivity contribution in [3.63, 3.8) is 0 Å². The Morgan fingerprint density at radius 3 is 2.59 bits per heavy atom. The number of phenolic OH excluding ortho intramolecular Hbond substituents is 1. The Labute approximate surface area is 167 Å². The Morgan fingerprint density at radius 2 is 1.97 bits per heavy atom. The number of hydrogen-bond acceptors (Lipinski definition) is 6. The van der Waals surface area contributed by atoms with Crippen molar-refractivity contribution >= 4 is 16.7 Å². The zero-order valence-corrected chi connectivity index (χ0v) is 16.7. The maximum Gasteiger partial charge on any atom is 0.311 e. The van der Waals surface area contributed by atoms with Crippen LogP contribution >= 0.6 is 0 Å². The fourth-order valence-corrected chi connectivity index (χ4v) is 3.25. The quantitative estimate of drug-likeness (QED) is 0.487. The summed E-state index contributed by atoms with van der Waals surface area (Å²) in [6.07, 6.45) is 0.533. The van der Waals surface area contributed by atoms with Crippen LogP contribution in [0.1, 0.15) is 23.8 Å². The standard InChI is InChI=1S/C21H22N2O6/c1-5-13-10-14-19(25)20(29-17-9-7-6-8-16(17)23(26)27)12(2)28-21(14)15(18(13)24)11-22(3)4/h6-10,24H,5,11H2,1-4H3/p+1. The lowest BCUT2D eigenvalue weighted by Gasteiger charge is -2.15. The van der Waals surface area contributed by atoms with E-state index in [9.17, 15) is 20.0 Å². The van der Waals surface area contributed by atoms with E-state index in [0.29, 0.717) is 29.7 Å². The average Bonchev–Trinajstić information content (AvgIpc) is 2.67. The first kappa shape index (κ1) is 20.3. The van der Waals surface area contributed by atoms with Crippen LogP contribution in [0.3, 0.4) is 0 Å². The van der Waals surface area contributed by atoms with Gasteiger partial charge in [0.1, 0.15) is 18.1 Å². The maximum atomic E-state index is 13.2. The van der Waals surface area contributed by atoms with Crippen LogP contribution in [0.15, 0.2) is 39.5 Å². The van der Waals surface area contributed by atoms with Crippen LogP contribution in [0.2, 0.25) is 0 Å². The van der Waals surface area contributed by atoms with Crippen LogP contribution in [0.4, 0.5) is 5.69 Å². The second-order valence-electron chi connectivity index (χ2n) is 7.12. The number of benzene rings is 2. The number of phenols is 1. The molecule has 3 aromatic rings. The summed E-state index contributed by atoms with van der Waals surface area (Å²) in [7, 11) is 3.86. The molecule has 0 unspecified atom stereocenters. The highest BCUT2D eigenvalue weighted by atomic mass is 16.6. The second-order valence-corrected chi connectivity index (χ2v) is 7.12. The molecule has 0 radical (unpaired) electrons. The molecule has 0 atom stereocenters. The van der Waals surface area contributed by atoms with Gasteiger partial charge in [-0.25, -0.2) is 0 Å². The second kappa shape index (κ2) is 7.92. The number of para-hydroxylation sites is 2. The topological polar surface area (TPSA) is 107 Å². The molecule has 0 bridgehead atoms. The summed E-state index contributed by atoms with van der Waals surface area (Å²) < 4.78 is 11.5. The molecule has 0 aliphatic carbocycles. The predicted molar refractivity (Wildman–Crippen MR) is 108 cm³/mol. The largest absolute Gasteiger partial charge is 0.507 e. The summed E-state index contributed by atoms with van der Waals surface area (Å²) in [5.41, 5.74) is 0.798. The van der Waals surface area contributed by atoms with E-state index in [2.05, 4.69) is 0 Å². The summed E-state index contributed by atoms with van der Waals surface area (Å²) in [4.78, 5) is 24.9. The lowest BCUT2D eigenvalue weighted by molar-refractivity contribution is -0.872. The molecule has 0 aliphatic rings. The molecule has 8 nitrogen and oxygen atoms in total. The molecule has 2 aromatic carbocycles. The van der Waals surface area contributed by atoms with Gasteiger partial charge in [-0.05, 0) is 31.0 Å². The van der Waals surface area contributed by atoms with Gasteiger partial charge >= 0.3 is 5.69 Å². The summed E-state index contributed by atoms with van der Waals surface area (Å²) in [5, 5.41) is 22.2. The zero-order valence-electron chi connectivity index (χ0n) is 16.7. The molecule has 3 rings (SSSR count). The number of quaternary nitrogens is 1. The van der Waals surface area contributed by atoms with Gasteiger partial charge in [-0.15, -0.1) is 0 Å². The Bertz CT molecular complexity index is 1150. The Morgan fingerprint density at radius 1 is 1.28 bits per heavy atom. The van der Waals surface area contributed by atoms with Crippen molar-refractivity contribution in [1.29, 1.82) is 0 Å². The molecule has 0 fully saturated rings. The highest BCUT2D eigenvalue weighted by Gasteiger charge is 2.24. The van der Waals surface area contributed by atoms with E-state index < -0.39 is 10.4 Å². The zero-order chi connectivity index (χ0) is 21.3. The summed E-state index contributed by atoms with van der Waals surface area (Å²) >= 11 is 0. The first-order chi connectivity index (χ1) is 13.7. The lowest BCUT2D eigenvalue weighted by atomic mass is 10.0. The first-order valence-electron chi connectivity index (χ1n) is 9.26. The number of nitro groups is 1. The molecular weight excluding hydrogens is 376 g/mol. The monoisotopic (exact) mass is 399 g/mol. The summed E-state index contributed by atoms with van der Waals surface area (Å²) in [6, 6.07) is 7.43. The predicted octanol–water partition coefficient (Wildman–Crippen LogP) is 2.71. The van der Waals surface area contributed by atoms with Gasteiger partial charge in [0, 0.05) is 6.07 Å². The van der Waals surface area contributed by atoms with Gasteiger partial charge in [-0.1, -0.05) is 19.1 Å². The van der Waals surface area contributed by atoms with Gasteiger partial charge in [0.15, 0.2) is 5.58 Å². The highest BCUT2D eigenvalue weighted by molar-refractivity contribution is 5.84. The number of ether oxygens (including phenoxy) is 1. The van der Waals surface area contributed by atoms with E-state index in [1.165, 1.54) is 18.2 Å². The molecule has 0 saturated heterocycles. The molecular formula is C21H23N2O6+. The number of nitrogens with one attached hydrogen (secondary N) is 1. The number of aromatic hydroxyl groups is 1. The van der Waals surface area contributed by atoms with Crippen LogP contribution in [-0.4, -0.2) is 24.1 Å². The van der Waals surface area contributed by atoms with Gasteiger partial charge in [0.2, 0.25) is 16.9 Å². The van der Waals surface area contributed by atoms with E-state index in [0.717, 1.165) is 4.90 Å². The third-order valence-electron chi connectivity index (χ3n) is 4.64. The van der Waals surface area contributed by atoms with E-state index in [1.807, 2.05) is 21.0 Å². The molecule has 29 heavy (non-hydrogen) atoms. The number of fused-ring (bicyclic) bond motifs is 1. The van der Waals surface area contributed by atoms with Crippen LogP contribution in [-0.2, 0) is 13.0 Å². The van der Waals surface area contributed by atoms with Crippen molar-refractivity contribution in [1.82, 2.24) is 0 Å². The van der Waals surface area contributed by atoms with E-state index in [4.69, 9.17) is 9.15 Å². The minimum Gasteiger partial charge on any atom is -0.507 e. The Kier molecular flexibility index (Phi) is 5.56. The normalized spacial score (nSPS) is 11.2. The van der Waals surface area contributed by atoms with Gasteiger partial charge in [-0.3, -0.25) is 14.9 Å². The van der Waals surface area contributed by atoms with Gasteiger partial charge < -0.3 is 19.2 Å². The SMILES string of the molecule is CCc1cc2c(=O)c(Oc3ccccc3[N+](=O)[O-])c(C)oc2c(C[NH+](C)C)c1O.